The SMILES string of the molecule is CCC(N)Cc1cc(C)ccc1OCC(=O)NCCC#N. The van der Waals surface area contributed by atoms with Crippen LogP contribution < -0.4 is 15.8 Å². The number of amides is 1. The van der Waals surface area contributed by atoms with E-state index in [1.165, 1.54) is 0 Å². The third kappa shape index (κ3) is 6.28. The molecule has 0 fully saturated rings. The molecular formula is C16H23N3O2. The quantitative estimate of drug-likeness (QED) is 0.713. The highest BCUT2D eigenvalue weighted by atomic mass is 16.5. The van der Waals surface area contributed by atoms with Gasteiger partial charge in [0.15, 0.2) is 6.61 Å². The predicted molar refractivity (Wildman–Crippen MR) is 81.9 cm³/mol. The van der Waals surface area contributed by atoms with Gasteiger partial charge in [0.2, 0.25) is 0 Å². The number of carbonyl (C=O) groups is 1. The molecule has 1 atom stereocenters. The van der Waals surface area contributed by atoms with E-state index in [4.69, 9.17) is 15.7 Å². The van der Waals surface area contributed by atoms with Crippen LogP contribution in [0.1, 0.15) is 30.9 Å². The average Bonchev–Trinajstić information content (AvgIpc) is 2.46. The number of rotatable bonds is 8. The maximum atomic E-state index is 11.6. The minimum absolute atomic E-state index is 0.0527. The van der Waals surface area contributed by atoms with Crippen molar-refractivity contribution in [2.45, 2.75) is 39.2 Å². The molecule has 5 heteroatoms. The Bertz CT molecular complexity index is 509. The van der Waals surface area contributed by atoms with E-state index in [-0.39, 0.29) is 18.6 Å². The first-order chi connectivity index (χ1) is 10.1. The van der Waals surface area contributed by atoms with E-state index in [0.29, 0.717) is 18.7 Å². The molecule has 1 rings (SSSR count). The molecule has 1 aromatic rings. The molecule has 0 heterocycles. The summed E-state index contributed by atoms with van der Waals surface area (Å²) >= 11 is 0. The van der Waals surface area contributed by atoms with Crippen LogP contribution in [0.3, 0.4) is 0 Å². The molecule has 0 radical (unpaired) electrons. The first-order valence-electron chi connectivity index (χ1n) is 7.18. The van der Waals surface area contributed by atoms with E-state index in [1.54, 1.807) is 0 Å². The zero-order valence-corrected chi connectivity index (χ0v) is 12.7. The summed E-state index contributed by atoms with van der Waals surface area (Å²) in [4.78, 5) is 11.6. The Morgan fingerprint density at radius 2 is 2.29 bits per heavy atom. The number of benzene rings is 1. The lowest BCUT2D eigenvalue weighted by atomic mass is 10.0. The largest absolute Gasteiger partial charge is 0.483 e. The summed E-state index contributed by atoms with van der Waals surface area (Å²) in [5.41, 5.74) is 8.16. The molecule has 0 spiro atoms. The van der Waals surface area contributed by atoms with E-state index in [1.807, 2.05) is 38.1 Å². The van der Waals surface area contributed by atoms with Gasteiger partial charge in [0.05, 0.1) is 12.5 Å². The van der Waals surface area contributed by atoms with Gasteiger partial charge >= 0.3 is 0 Å². The number of aryl methyl sites for hydroxylation is 1. The van der Waals surface area contributed by atoms with Gasteiger partial charge in [0.1, 0.15) is 5.75 Å². The highest BCUT2D eigenvalue weighted by Gasteiger charge is 2.10. The average molecular weight is 289 g/mol. The van der Waals surface area contributed by atoms with E-state index in [9.17, 15) is 4.79 Å². The van der Waals surface area contributed by atoms with Crippen molar-refractivity contribution < 1.29 is 9.53 Å². The van der Waals surface area contributed by atoms with Crippen molar-refractivity contribution in [3.63, 3.8) is 0 Å². The second kappa shape index (κ2) is 8.98. The topological polar surface area (TPSA) is 88.1 Å². The van der Waals surface area contributed by atoms with Crippen LogP contribution in [0, 0.1) is 18.3 Å². The summed E-state index contributed by atoms with van der Waals surface area (Å²) in [6, 6.07) is 7.91. The van der Waals surface area contributed by atoms with Gasteiger partial charge in [-0.05, 0) is 31.4 Å². The lowest BCUT2D eigenvalue weighted by Gasteiger charge is -2.15. The molecule has 1 amide bonds. The maximum Gasteiger partial charge on any atom is 0.257 e. The number of hydrogen-bond donors (Lipinski definition) is 2. The molecule has 114 valence electrons. The number of nitriles is 1. The number of carbonyl (C=O) groups excluding carboxylic acids is 1. The first-order valence-corrected chi connectivity index (χ1v) is 7.18. The third-order valence-corrected chi connectivity index (χ3v) is 3.14. The van der Waals surface area contributed by atoms with Crippen LogP contribution in [0.4, 0.5) is 0 Å². The molecular weight excluding hydrogens is 266 g/mol. The molecule has 0 aliphatic rings. The van der Waals surface area contributed by atoms with Crippen molar-refractivity contribution in [2.24, 2.45) is 5.73 Å². The number of hydrogen-bond acceptors (Lipinski definition) is 4. The molecule has 1 unspecified atom stereocenters. The maximum absolute atomic E-state index is 11.6. The summed E-state index contributed by atoms with van der Waals surface area (Å²) in [7, 11) is 0. The molecule has 0 aliphatic heterocycles. The van der Waals surface area contributed by atoms with Gasteiger partial charge in [0.25, 0.3) is 5.91 Å². The minimum atomic E-state index is -0.225. The van der Waals surface area contributed by atoms with E-state index >= 15 is 0 Å². The fourth-order valence-corrected chi connectivity index (χ4v) is 1.89. The highest BCUT2D eigenvalue weighted by molar-refractivity contribution is 5.77. The second-order valence-electron chi connectivity index (χ2n) is 5.03. The molecule has 0 saturated carbocycles. The molecule has 0 aromatic heterocycles. The standard InChI is InChI=1S/C16H23N3O2/c1-3-14(18)10-13-9-12(2)5-6-15(13)21-11-16(20)19-8-4-7-17/h5-6,9,14H,3-4,8,10-11,18H2,1-2H3,(H,19,20). The normalized spacial score (nSPS) is 11.5. The zero-order valence-electron chi connectivity index (χ0n) is 12.7. The van der Waals surface area contributed by atoms with Crippen molar-refractivity contribution in [2.75, 3.05) is 13.2 Å². The van der Waals surface area contributed by atoms with Crippen molar-refractivity contribution in [1.29, 1.82) is 5.26 Å². The molecule has 0 aliphatic carbocycles. The second-order valence-corrected chi connectivity index (χ2v) is 5.03. The fourth-order valence-electron chi connectivity index (χ4n) is 1.89. The summed E-state index contributed by atoms with van der Waals surface area (Å²) in [5, 5.41) is 11.0. The van der Waals surface area contributed by atoms with E-state index in [0.717, 1.165) is 24.0 Å². The van der Waals surface area contributed by atoms with Crippen LogP contribution in [-0.2, 0) is 11.2 Å². The number of nitrogens with two attached hydrogens (primary N) is 1. The Labute approximate surface area is 126 Å². The Hall–Kier alpha value is -2.06. The Kier molecular flexibility index (Phi) is 7.27. The summed E-state index contributed by atoms with van der Waals surface area (Å²) in [5.74, 6) is 0.469. The number of ether oxygens (including phenoxy) is 1. The van der Waals surface area contributed by atoms with E-state index in [2.05, 4.69) is 5.32 Å². The zero-order chi connectivity index (χ0) is 15.7. The summed E-state index contributed by atoms with van der Waals surface area (Å²) in [6.07, 6.45) is 1.92. The Balaban J connectivity index is 2.61. The van der Waals surface area contributed by atoms with Gasteiger partial charge in [-0.15, -0.1) is 0 Å². The van der Waals surface area contributed by atoms with Gasteiger partial charge in [-0.3, -0.25) is 4.79 Å². The molecule has 5 nitrogen and oxygen atoms in total. The minimum Gasteiger partial charge on any atom is -0.483 e. The van der Waals surface area contributed by atoms with Crippen LogP contribution >= 0.6 is 0 Å². The van der Waals surface area contributed by atoms with Crippen LogP contribution in [0.25, 0.3) is 0 Å². The van der Waals surface area contributed by atoms with Crippen LogP contribution in [0.15, 0.2) is 18.2 Å². The van der Waals surface area contributed by atoms with Gasteiger partial charge < -0.3 is 15.8 Å². The fraction of sp³-hybridized carbons (Fsp3) is 0.500. The molecule has 0 bridgehead atoms. The van der Waals surface area contributed by atoms with Crippen LogP contribution in [0.2, 0.25) is 0 Å². The van der Waals surface area contributed by atoms with Gasteiger partial charge in [-0.1, -0.05) is 24.6 Å². The van der Waals surface area contributed by atoms with Crippen molar-refractivity contribution >= 4 is 5.91 Å². The Morgan fingerprint density at radius 1 is 1.52 bits per heavy atom. The lowest BCUT2D eigenvalue weighted by molar-refractivity contribution is -0.123. The summed E-state index contributed by atoms with van der Waals surface area (Å²) < 4.78 is 5.58. The van der Waals surface area contributed by atoms with Gasteiger partial charge in [-0.25, -0.2) is 0 Å². The number of nitrogens with zero attached hydrogens (tertiary/aromatic N) is 1. The predicted octanol–water partition coefficient (Wildman–Crippen LogP) is 1.68. The number of nitrogens with one attached hydrogen (secondary N) is 1. The molecule has 21 heavy (non-hydrogen) atoms. The van der Waals surface area contributed by atoms with E-state index < -0.39 is 0 Å². The molecule has 1 aromatic carbocycles. The molecule has 0 saturated heterocycles. The summed E-state index contributed by atoms with van der Waals surface area (Å²) in [6.45, 7) is 4.35. The van der Waals surface area contributed by atoms with Crippen molar-refractivity contribution in [3.8, 4) is 11.8 Å². The van der Waals surface area contributed by atoms with Crippen LogP contribution in [-0.4, -0.2) is 25.1 Å². The van der Waals surface area contributed by atoms with Gasteiger partial charge in [-0.2, -0.15) is 5.26 Å². The lowest BCUT2D eigenvalue weighted by Crippen LogP contribution is -2.30. The molecule has 3 N–H and O–H groups in total. The van der Waals surface area contributed by atoms with Crippen molar-refractivity contribution in [3.05, 3.63) is 29.3 Å². The first kappa shape index (κ1) is 17.0. The third-order valence-electron chi connectivity index (χ3n) is 3.14. The van der Waals surface area contributed by atoms with Gasteiger partial charge in [0, 0.05) is 12.6 Å². The smallest absolute Gasteiger partial charge is 0.257 e. The van der Waals surface area contributed by atoms with Crippen molar-refractivity contribution in [1.82, 2.24) is 5.32 Å². The monoisotopic (exact) mass is 289 g/mol. The Morgan fingerprint density at radius 3 is 2.95 bits per heavy atom. The van der Waals surface area contributed by atoms with Crippen LogP contribution in [0.5, 0.6) is 5.75 Å². The highest BCUT2D eigenvalue weighted by Crippen LogP contribution is 2.21.